The molecular weight excluding hydrogens is 440 g/mol. The van der Waals surface area contributed by atoms with E-state index >= 15 is 0 Å². The number of hydrogen-bond acceptors (Lipinski definition) is 7. The lowest BCUT2D eigenvalue weighted by Gasteiger charge is -2.34. The van der Waals surface area contributed by atoms with Gasteiger partial charge in [-0.1, -0.05) is 12.1 Å². The fourth-order valence-corrected chi connectivity index (χ4v) is 5.70. The molecule has 9 heteroatoms. The predicted octanol–water partition coefficient (Wildman–Crippen LogP) is 3.29. The van der Waals surface area contributed by atoms with E-state index in [0.29, 0.717) is 42.4 Å². The van der Waals surface area contributed by atoms with E-state index in [1.807, 2.05) is 43.3 Å². The summed E-state index contributed by atoms with van der Waals surface area (Å²) in [7, 11) is -0.378. The molecule has 4 rings (SSSR count). The highest BCUT2D eigenvalue weighted by atomic mass is 32.2. The van der Waals surface area contributed by atoms with Gasteiger partial charge in [-0.25, -0.2) is 8.42 Å². The van der Waals surface area contributed by atoms with Gasteiger partial charge in [0.2, 0.25) is 10.0 Å². The first-order valence-electron chi connectivity index (χ1n) is 10.7. The second-order valence-electron chi connectivity index (χ2n) is 7.99. The van der Waals surface area contributed by atoms with Gasteiger partial charge in [-0.3, -0.25) is 0 Å². The summed E-state index contributed by atoms with van der Waals surface area (Å²) in [6, 6.07) is 15.0. The molecule has 2 aromatic carbocycles. The molecule has 0 spiro atoms. The molecule has 3 aromatic rings. The summed E-state index contributed by atoms with van der Waals surface area (Å²) in [4.78, 5) is 2.39. The van der Waals surface area contributed by atoms with Crippen molar-refractivity contribution < 1.29 is 17.9 Å². The van der Waals surface area contributed by atoms with E-state index in [1.165, 1.54) is 4.31 Å². The molecule has 0 aliphatic carbocycles. The molecule has 1 fully saturated rings. The summed E-state index contributed by atoms with van der Waals surface area (Å²) >= 11 is 0. The van der Waals surface area contributed by atoms with Crippen molar-refractivity contribution in [2.75, 3.05) is 45.3 Å². The van der Waals surface area contributed by atoms with Gasteiger partial charge in [0.1, 0.15) is 11.5 Å². The van der Waals surface area contributed by atoms with Crippen LogP contribution in [0, 0.1) is 13.8 Å². The van der Waals surface area contributed by atoms with Crippen molar-refractivity contribution in [3.63, 3.8) is 0 Å². The SMILES string of the molecule is COc1cccc(-c2ccc(N3CCN(S(=O)(=O)c4cc(C)c(OC)cc4C)CC3)nn2)c1. The second kappa shape index (κ2) is 9.36. The fraction of sp³-hybridized carbons (Fsp3) is 0.333. The first kappa shape index (κ1) is 23.0. The lowest BCUT2D eigenvalue weighted by atomic mass is 10.1. The molecule has 0 unspecified atom stereocenters. The maximum absolute atomic E-state index is 13.3. The van der Waals surface area contributed by atoms with Gasteiger partial charge < -0.3 is 14.4 Å². The lowest BCUT2D eigenvalue weighted by molar-refractivity contribution is 0.382. The number of benzene rings is 2. The van der Waals surface area contributed by atoms with Crippen molar-refractivity contribution >= 4 is 15.8 Å². The Morgan fingerprint density at radius 2 is 1.61 bits per heavy atom. The van der Waals surface area contributed by atoms with Gasteiger partial charge in [-0.15, -0.1) is 10.2 Å². The first-order valence-corrected chi connectivity index (χ1v) is 12.2. The molecule has 1 aromatic heterocycles. The molecule has 1 saturated heterocycles. The van der Waals surface area contributed by atoms with Gasteiger partial charge in [0.05, 0.1) is 24.8 Å². The monoisotopic (exact) mass is 468 g/mol. The van der Waals surface area contributed by atoms with Crippen LogP contribution in [0.1, 0.15) is 11.1 Å². The van der Waals surface area contributed by atoms with Crippen LogP contribution in [0.2, 0.25) is 0 Å². The van der Waals surface area contributed by atoms with Crippen LogP contribution in [0.5, 0.6) is 11.5 Å². The Bertz CT molecular complexity index is 1240. The zero-order valence-electron chi connectivity index (χ0n) is 19.3. The Labute approximate surface area is 194 Å². The van der Waals surface area contributed by atoms with Crippen molar-refractivity contribution in [3.05, 3.63) is 59.7 Å². The molecule has 2 heterocycles. The van der Waals surface area contributed by atoms with E-state index in [-0.39, 0.29) is 0 Å². The summed E-state index contributed by atoms with van der Waals surface area (Å²) in [5, 5.41) is 8.74. The number of hydrogen-bond donors (Lipinski definition) is 0. The molecule has 1 aliphatic rings. The molecule has 0 amide bonds. The highest BCUT2D eigenvalue weighted by Crippen LogP contribution is 2.29. The molecule has 0 atom stereocenters. The van der Waals surface area contributed by atoms with Crippen LogP contribution >= 0.6 is 0 Å². The maximum Gasteiger partial charge on any atom is 0.243 e. The van der Waals surface area contributed by atoms with Gasteiger partial charge in [-0.2, -0.15) is 4.31 Å². The largest absolute Gasteiger partial charge is 0.497 e. The number of sulfonamides is 1. The van der Waals surface area contributed by atoms with Crippen molar-refractivity contribution in [3.8, 4) is 22.8 Å². The Balaban J connectivity index is 1.46. The van der Waals surface area contributed by atoms with Crippen molar-refractivity contribution in [1.29, 1.82) is 0 Å². The smallest absolute Gasteiger partial charge is 0.243 e. The minimum absolute atomic E-state index is 0.330. The topological polar surface area (TPSA) is 84.9 Å². The Morgan fingerprint density at radius 1 is 0.848 bits per heavy atom. The molecule has 0 N–H and O–H groups in total. The summed E-state index contributed by atoms with van der Waals surface area (Å²) in [6.45, 7) is 5.49. The zero-order valence-corrected chi connectivity index (χ0v) is 20.1. The molecule has 0 saturated carbocycles. The van der Waals surface area contributed by atoms with Crippen LogP contribution < -0.4 is 14.4 Å². The van der Waals surface area contributed by atoms with Gasteiger partial charge in [0.25, 0.3) is 0 Å². The Kier molecular flexibility index (Phi) is 6.53. The molecule has 8 nitrogen and oxygen atoms in total. The number of methoxy groups -OCH3 is 2. The van der Waals surface area contributed by atoms with Crippen LogP contribution in [0.25, 0.3) is 11.3 Å². The summed E-state index contributed by atoms with van der Waals surface area (Å²) < 4.78 is 38.7. The van der Waals surface area contributed by atoms with Crippen molar-refractivity contribution in [2.24, 2.45) is 0 Å². The van der Waals surface area contributed by atoms with Gasteiger partial charge >= 0.3 is 0 Å². The average Bonchev–Trinajstić information content (AvgIpc) is 2.85. The van der Waals surface area contributed by atoms with Gasteiger partial charge in [0, 0.05) is 31.7 Å². The Morgan fingerprint density at radius 3 is 2.24 bits per heavy atom. The first-order chi connectivity index (χ1) is 15.8. The standard InChI is InChI=1S/C24H28N4O4S/c1-17-15-23(18(2)14-22(17)32-4)33(29,30)28-12-10-27(11-13-28)24-9-8-21(25-26-24)19-6-5-7-20(16-19)31-3/h5-9,14-16H,10-13H2,1-4H3. The van der Waals surface area contributed by atoms with Crippen molar-refractivity contribution in [1.82, 2.24) is 14.5 Å². The quantitative estimate of drug-likeness (QED) is 0.549. The highest BCUT2D eigenvalue weighted by Gasteiger charge is 2.30. The van der Waals surface area contributed by atoms with E-state index in [2.05, 4.69) is 15.1 Å². The molecule has 33 heavy (non-hydrogen) atoms. The van der Waals surface area contributed by atoms with E-state index in [1.54, 1.807) is 33.3 Å². The number of anilines is 1. The predicted molar refractivity (Wildman–Crippen MR) is 127 cm³/mol. The van der Waals surface area contributed by atoms with E-state index < -0.39 is 10.0 Å². The number of nitrogens with zero attached hydrogens (tertiary/aromatic N) is 4. The fourth-order valence-electron chi connectivity index (χ4n) is 3.99. The summed E-state index contributed by atoms with van der Waals surface area (Å²) in [5.74, 6) is 2.18. The minimum Gasteiger partial charge on any atom is -0.497 e. The third-order valence-electron chi connectivity index (χ3n) is 5.89. The highest BCUT2D eigenvalue weighted by molar-refractivity contribution is 7.89. The molecule has 0 bridgehead atoms. The van der Waals surface area contributed by atoms with E-state index in [0.717, 1.165) is 28.4 Å². The summed E-state index contributed by atoms with van der Waals surface area (Å²) in [5.41, 5.74) is 3.16. The van der Waals surface area contributed by atoms with Crippen LogP contribution in [-0.2, 0) is 10.0 Å². The average molecular weight is 469 g/mol. The summed E-state index contributed by atoms with van der Waals surface area (Å²) in [6.07, 6.45) is 0. The van der Waals surface area contributed by atoms with Crippen LogP contribution in [0.3, 0.4) is 0 Å². The minimum atomic E-state index is -3.59. The molecule has 0 radical (unpaired) electrons. The van der Waals surface area contributed by atoms with Gasteiger partial charge in [-0.05, 0) is 61.4 Å². The van der Waals surface area contributed by atoms with E-state index in [9.17, 15) is 8.42 Å². The molecule has 174 valence electrons. The van der Waals surface area contributed by atoms with Crippen molar-refractivity contribution in [2.45, 2.75) is 18.7 Å². The van der Waals surface area contributed by atoms with Crippen LogP contribution in [0.4, 0.5) is 5.82 Å². The zero-order chi connectivity index (χ0) is 23.6. The number of ether oxygens (including phenoxy) is 2. The van der Waals surface area contributed by atoms with E-state index in [4.69, 9.17) is 9.47 Å². The number of aromatic nitrogens is 2. The number of rotatable bonds is 6. The third-order valence-corrected chi connectivity index (χ3v) is 7.93. The third kappa shape index (κ3) is 4.65. The normalized spacial score (nSPS) is 14.8. The lowest BCUT2D eigenvalue weighted by Crippen LogP contribution is -2.49. The maximum atomic E-state index is 13.3. The Hall–Kier alpha value is -3.17. The molecule has 1 aliphatic heterocycles. The van der Waals surface area contributed by atoms with Crippen LogP contribution in [-0.4, -0.2) is 63.3 Å². The number of aryl methyl sites for hydroxylation is 2. The second-order valence-corrected chi connectivity index (χ2v) is 9.89. The molecular formula is C24H28N4O4S. The van der Waals surface area contributed by atoms with Gasteiger partial charge in [0.15, 0.2) is 5.82 Å². The number of piperazine rings is 1. The van der Waals surface area contributed by atoms with Crippen LogP contribution in [0.15, 0.2) is 53.4 Å².